The van der Waals surface area contributed by atoms with Crippen molar-refractivity contribution in [3.63, 3.8) is 0 Å². The third kappa shape index (κ3) is 2.63. The highest BCUT2D eigenvalue weighted by Crippen LogP contribution is 2.30. The van der Waals surface area contributed by atoms with E-state index in [4.69, 9.17) is 0 Å². The first-order valence-electron chi connectivity index (χ1n) is 7.22. The standard InChI is InChI=1S/C12H18BN4O4/c18-7-13-15-3-1-8(2-4-15)14-11(19)10-5-9-6-16(10)12(20)17(9)21/h7-10,21H,1-6H2,(H,14,19)/t9-,10-/m0/s1. The highest BCUT2D eigenvalue weighted by molar-refractivity contribution is 6.64. The fraction of sp³-hybridized carbons (Fsp3) is 0.750. The first kappa shape index (κ1) is 14.3. The fourth-order valence-corrected chi connectivity index (χ4v) is 3.32. The van der Waals surface area contributed by atoms with Crippen LogP contribution in [0.2, 0.25) is 0 Å². The summed E-state index contributed by atoms with van der Waals surface area (Å²) in [5.74, 6) is -0.142. The lowest BCUT2D eigenvalue weighted by atomic mass is 9.89. The van der Waals surface area contributed by atoms with Gasteiger partial charge >= 0.3 is 6.03 Å². The lowest BCUT2D eigenvalue weighted by molar-refractivity contribution is -0.128. The summed E-state index contributed by atoms with van der Waals surface area (Å²) in [5.41, 5.74) is 0. The summed E-state index contributed by atoms with van der Waals surface area (Å²) in [6, 6.07) is -1.14. The first-order valence-corrected chi connectivity index (χ1v) is 7.22. The van der Waals surface area contributed by atoms with Gasteiger partial charge in [0.05, 0.1) is 12.2 Å². The van der Waals surface area contributed by atoms with Crippen molar-refractivity contribution < 1.29 is 19.6 Å². The highest BCUT2D eigenvalue weighted by atomic mass is 16.5. The molecule has 3 amide bonds. The van der Waals surface area contributed by atoms with Gasteiger partial charge in [0.1, 0.15) is 6.04 Å². The SMILES string of the molecule is O=C[B]N1CCC(NC(=O)[C@@H]2C[C@H]3CN2C(=O)N3O)CC1. The summed E-state index contributed by atoms with van der Waals surface area (Å²) in [6.07, 6.45) is 2.82. The number of rotatable bonds is 4. The summed E-state index contributed by atoms with van der Waals surface area (Å²) in [7, 11) is 1.52. The van der Waals surface area contributed by atoms with E-state index in [1.807, 2.05) is 4.81 Å². The minimum absolute atomic E-state index is 0.0782. The molecule has 2 N–H and O–H groups in total. The maximum Gasteiger partial charge on any atom is 0.344 e. The van der Waals surface area contributed by atoms with Gasteiger partial charge in [0.25, 0.3) is 7.41 Å². The molecule has 3 aliphatic heterocycles. The van der Waals surface area contributed by atoms with Gasteiger partial charge in [0.15, 0.2) is 0 Å². The molecular formula is C12H18BN4O4. The Hall–Kier alpha value is -1.61. The van der Waals surface area contributed by atoms with Crippen molar-refractivity contribution in [2.75, 3.05) is 19.6 Å². The average Bonchev–Trinajstić information content (AvgIpc) is 3.02. The Morgan fingerprint density at radius 2 is 2.10 bits per heavy atom. The number of nitrogens with zero attached hydrogens (tertiary/aromatic N) is 3. The van der Waals surface area contributed by atoms with E-state index in [2.05, 4.69) is 5.32 Å². The average molecular weight is 293 g/mol. The Balaban J connectivity index is 1.50. The van der Waals surface area contributed by atoms with E-state index in [9.17, 15) is 19.6 Å². The predicted molar refractivity (Wildman–Crippen MR) is 73.2 cm³/mol. The van der Waals surface area contributed by atoms with Crippen LogP contribution >= 0.6 is 0 Å². The number of hydrogen-bond donors (Lipinski definition) is 2. The Kier molecular flexibility index (Phi) is 3.86. The van der Waals surface area contributed by atoms with Crippen molar-refractivity contribution in [2.45, 2.75) is 37.4 Å². The largest absolute Gasteiger partial charge is 0.351 e. The van der Waals surface area contributed by atoms with Crippen LogP contribution in [-0.2, 0) is 9.59 Å². The van der Waals surface area contributed by atoms with Crippen LogP contribution in [0.4, 0.5) is 4.79 Å². The van der Waals surface area contributed by atoms with E-state index in [0.717, 1.165) is 37.2 Å². The molecule has 0 spiro atoms. The van der Waals surface area contributed by atoms with Gasteiger partial charge in [0.2, 0.25) is 5.91 Å². The van der Waals surface area contributed by atoms with E-state index in [1.165, 1.54) is 12.3 Å². The van der Waals surface area contributed by atoms with Crippen LogP contribution in [0.3, 0.4) is 0 Å². The number of carbonyl (C=O) groups is 3. The van der Waals surface area contributed by atoms with Crippen molar-refractivity contribution in [3.8, 4) is 0 Å². The zero-order valence-corrected chi connectivity index (χ0v) is 11.6. The Bertz CT molecular complexity index is 455. The second-order valence-corrected chi connectivity index (χ2v) is 5.79. The van der Waals surface area contributed by atoms with Gasteiger partial charge in [-0.1, -0.05) is 0 Å². The van der Waals surface area contributed by atoms with Gasteiger partial charge in [-0.3, -0.25) is 10.0 Å². The van der Waals surface area contributed by atoms with Crippen LogP contribution < -0.4 is 5.32 Å². The van der Waals surface area contributed by atoms with Crippen LogP contribution in [0.1, 0.15) is 19.3 Å². The molecule has 2 atom stereocenters. The molecule has 0 aromatic rings. The molecular weight excluding hydrogens is 275 g/mol. The summed E-state index contributed by atoms with van der Waals surface area (Å²) in [5, 5.41) is 13.2. The van der Waals surface area contributed by atoms with Gasteiger partial charge < -0.3 is 19.8 Å². The van der Waals surface area contributed by atoms with E-state index in [0.29, 0.717) is 13.0 Å². The minimum Gasteiger partial charge on any atom is -0.351 e. The maximum atomic E-state index is 12.3. The molecule has 9 heteroatoms. The maximum absolute atomic E-state index is 12.3. The molecule has 8 nitrogen and oxygen atoms in total. The molecule has 3 rings (SSSR count). The molecule has 2 bridgehead atoms. The van der Waals surface area contributed by atoms with Crippen LogP contribution in [0, 0.1) is 0 Å². The summed E-state index contributed by atoms with van der Waals surface area (Å²) >= 11 is 0. The minimum atomic E-state index is -0.484. The monoisotopic (exact) mass is 293 g/mol. The van der Waals surface area contributed by atoms with E-state index < -0.39 is 12.1 Å². The Morgan fingerprint density at radius 1 is 1.38 bits per heavy atom. The molecule has 3 saturated heterocycles. The second-order valence-electron chi connectivity index (χ2n) is 5.79. The van der Waals surface area contributed by atoms with Crippen LogP contribution in [0.5, 0.6) is 0 Å². The molecule has 21 heavy (non-hydrogen) atoms. The van der Waals surface area contributed by atoms with Crippen LogP contribution in [0.25, 0.3) is 0 Å². The van der Waals surface area contributed by atoms with E-state index in [-0.39, 0.29) is 18.0 Å². The summed E-state index contributed by atoms with van der Waals surface area (Å²) in [6.45, 7) is 1.90. The number of hydroxylamine groups is 2. The number of amides is 3. The lowest BCUT2D eigenvalue weighted by Gasteiger charge is -2.33. The van der Waals surface area contributed by atoms with Gasteiger partial charge in [-0.2, -0.15) is 0 Å². The van der Waals surface area contributed by atoms with Gasteiger partial charge in [-0.05, 0) is 25.9 Å². The smallest absolute Gasteiger partial charge is 0.344 e. The summed E-state index contributed by atoms with van der Waals surface area (Å²) in [4.78, 5) is 37.7. The van der Waals surface area contributed by atoms with Crippen molar-refractivity contribution in [1.82, 2.24) is 20.1 Å². The molecule has 0 aromatic heterocycles. The number of carbonyl (C=O) groups excluding carboxylic acids is 3. The van der Waals surface area contributed by atoms with Crippen LogP contribution in [-0.4, -0.2) is 83.3 Å². The molecule has 113 valence electrons. The molecule has 0 saturated carbocycles. The van der Waals surface area contributed by atoms with E-state index in [1.54, 1.807) is 0 Å². The molecule has 0 aliphatic carbocycles. The van der Waals surface area contributed by atoms with E-state index >= 15 is 0 Å². The second kappa shape index (κ2) is 5.65. The number of nitrogens with one attached hydrogen (secondary N) is 1. The number of piperidine rings is 1. The normalized spacial score (nSPS) is 29.9. The topological polar surface area (TPSA) is 93.2 Å². The molecule has 0 unspecified atom stereocenters. The zero-order valence-electron chi connectivity index (χ0n) is 11.6. The molecule has 3 aliphatic rings. The zero-order chi connectivity index (χ0) is 15.0. The number of hydrogen-bond acceptors (Lipinski definition) is 5. The molecule has 1 radical (unpaired) electrons. The summed E-state index contributed by atoms with van der Waals surface area (Å²) < 4.78 is 0. The Labute approximate surface area is 123 Å². The first-order chi connectivity index (χ1) is 10.1. The number of fused-ring (bicyclic) bond motifs is 2. The van der Waals surface area contributed by atoms with Crippen molar-refractivity contribution in [1.29, 1.82) is 0 Å². The van der Waals surface area contributed by atoms with Crippen molar-refractivity contribution in [3.05, 3.63) is 0 Å². The van der Waals surface area contributed by atoms with Gasteiger partial charge in [0, 0.05) is 19.0 Å². The molecule has 3 heterocycles. The number of urea groups is 1. The fourth-order valence-electron chi connectivity index (χ4n) is 3.32. The quantitative estimate of drug-likeness (QED) is 0.379. The third-order valence-corrected chi connectivity index (χ3v) is 4.52. The van der Waals surface area contributed by atoms with Crippen molar-refractivity contribution in [2.24, 2.45) is 0 Å². The van der Waals surface area contributed by atoms with Crippen LogP contribution in [0.15, 0.2) is 0 Å². The predicted octanol–water partition coefficient (Wildman–Crippen LogP) is -1.36. The molecule has 0 aromatic carbocycles. The Morgan fingerprint density at radius 3 is 2.67 bits per heavy atom. The van der Waals surface area contributed by atoms with Gasteiger partial charge in [-0.25, -0.2) is 9.86 Å². The van der Waals surface area contributed by atoms with Gasteiger partial charge in [-0.15, -0.1) is 0 Å². The highest BCUT2D eigenvalue weighted by Gasteiger charge is 2.51. The lowest BCUT2D eigenvalue weighted by Crippen LogP contribution is -2.54. The molecule has 3 fully saturated rings. The third-order valence-electron chi connectivity index (χ3n) is 4.52. The van der Waals surface area contributed by atoms with Crippen molar-refractivity contribution >= 4 is 25.5 Å².